The van der Waals surface area contributed by atoms with Gasteiger partial charge in [-0.25, -0.2) is 0 Å². The summed E-state index contributed by atoms with van der Waals surface area (Å²) in [4.78, 5) is 0. The third-order valence-corrected chi connectivity index (χ3v) is 39.0. The van der Waals surface area contributed by atoms with Gasteiger partial charge < -0.3 is 41.5 Å². The fourth-order valence-electron chi connectivity index (χ4n) is 6.66. The van der Waals surface area contributed by atoms with Gasteiger partial charge >= 0.3 is 37.1 Å². The van der Waals surface area contributed by atoms with Crippen LogP contribution >= 0.6 is 0 Å². The lowest BCUT2D eigenvalue weighted by molar-refractivity contribution is 0.165. The van der Waals surface area contributed by atoms with Gasteiger partial charge in [-0.15, -0.1) is 0 Å². The van der Waals surface area contributed by atoms with Crippen molar-refractivity contribution in [3.05, 3.63) is 0 Å². The normalized spacial score (nSPS) is 28.8. The van der Waals surface area contributed by atoms with Crippen LogP contribution in [0, 0.1) is 0 Å². The van der Waals surface area contributed by atoms with Crippen LogP contribution in [0.15, 0.2) is 0 Å². The Labute approximate surface area is 333 Å². The second-order valence-corrected chi connectivity index (χ2v) is 40.8. The minimum atomic E-state index is -2.15. The van der Waals surface area contributed by atoms with E-state index in [1.807, 2.05) is 0 Å². The van der Waals surface area contributed by atoms with Gasteiger partial charge in [0.2, 0.25) is 9.76 Å². The van der Waals surface area contributed by atoms with Gasteiger partial charge in [-0.3, -0.25) is 0 Å². The number of unbranched alkanes of at least 4 members (excludes halogenated alkanes) is 10. The molecule has 6 atom stereocenters. The Morgan fingerprint density at radius 1 is 0.804 bits per heavy atom. The first-order valence-electron chi connectivity index (χ1n) is 20.2. The van der Waals surface area contributed by atoms with E-state index < -0.39 is 81.6 Å². The van der Waals surface area contributed by atoms with Gasteiger partial charge in [0, 0.05) is 6.10 Å². The maximum absolute atomic E-state index is 6.86. The molecule has 0 spiro atoms. The Balaban J connectivity index is 1.62. The Kier molecular flexibility index (Phi) is 27.4. The molecule has 0 aromatic heterocycles. The molecule has 51 heavy (non-hydrogen) atoms. The Morgan fingerprint density at radius 3 is 2.18 bits per heavy atom. The highest BCUT2D eigenvalue weighted by Crippen LogP contribution is 2.27. The van der Waals surface area contributed by atoms with Gasteiger partial charge in [0.15, 0.2) is 17.4 Å². The average Bonchev–Trinajstić information content (AvgIpc) is 3.01. The van der Waals surface area contributed by atoms with E-state index in [1.54, 1.807) is 0 Å². The minimum absolute atomic E-state index is 0.101. The average molecular weight is 904 g/mol. The zero-order chi connectivity index (χ0) is 37.5. The molecule has 0 amide bonds. The van der Waals surface area contributed by atoms with E-state index in [0.717, 1.165) is 36.6 Å². The molecule has 0 aliphatic carbocycles. The third kappa shape index (κ3) is 25.1. The van der Waals surface area contributed by atoms with Crippen LogP contribution in [0.25, 0.3) is 0 Å². The van der Waals surface area contributed by atoms with Crippen molar-refractivity contribution in [2.24, 2.45) is 0 Å². The predicted octanol–water partition coefficient (Wildman–Crippen LogP) is 7.24. The molecule has 2 saturated heterocycles. The molecular formula is C30H74O10Si11. The molecule has 6 radical (unpaired) electrons. The van der Waals surface area contributed by atoms with Crippen molar-refractivity contribution >= 4 is 101 Å². The first kappa shape index (κ1) is 49.1. The Hall–Kier alpha value is 1.99. The monoisotopic (exact) mass is 902 g/mol. The van der Waals surface area contributed by atoms with Crippen molar-refractivity contribution in [3.8, 4) is 0 Å². The van der Waals surface area contributed by atoms with Gasteiger partial charge in [0.05, 0.1) is 0 Å². The van der Waals surface area contributed by atoms with Crippen LogP contribution in [0.4, 0.5) is 0 Å². The maximum Gasteiger partial charge on any atom is 0.411 e. The first-order valence-corrected chi connectivity index (χ1v) is 41.6. The highest BCUT2D eigenvalue weighted by Gasteiger charge is 2.38. The molecule has 2 aliphatic rings. The highest BCUT2D eigenvalue weighted by atomic mass is 28.5. The van der Waals surface area contributed by atoms with Crippen LogP contribution < -0.4 is 0 Å². The van der Waals surface area contributed by atoms with Gasteiger partial charge in [-0.1, -0.05) is 90.4 Å². The molecule has 298 valence electrons. The maximum atomic E-state index is 6.86. The van der Waals surface area contributed by atoms with Crippen molar-refractivity contribution in [3.63, 3.8) is 0 Å². The van der Waals surface area contributed by atoms with Crippen LogP contribution in [0.5, 0.6) is 0 Å². The lowest BCUT2D eigenvalue weighted by Crippen LogP contribution is -2.50. The highest BCUT2D eigenvalue weighted by molar-refractivity contribution is 6.78. The molecule has 2 fully saturated rings. The molecular weight excluding hydrogens is 829 g/mol. The zero-order valence-electron chi connectivity index (χ0n) is 34.0. The smallest absolute Gasteiger partial charge is 0.411 e. The van der Waals surface area contributed by atoms with Gasteiger partial charge in [0.1, 0.15) is 0 Å². The second kappa shape index (κ2) is 28.4. The molecule has 10 nitrogen and oxygen atoms in total. The first-order chi connectivity index (χ1) is 24.3. The molecule has 0 saturated carbocycles. The quantitative estimate of drug-likeness (QED) is 0.0654. The lowest BCUT2D eigenvalue weighted by Gasteiger charge is -2.37. The fourth-order valence-corrected chi connectivity index (χ4v) is 36.7. The topological polar surface area (TPSA) is 92.3 Å². The SMILES string of the molecule is CCCCCCC[Si](O[Si]O[Si]CCCCCC[Si]1O[SiH](C)O[SiH](C)O[SiH](C)O1)O[Si](C)(C)CCCCCC[Si]1(C)OC(C)C[SiH](C)O[SiH](C)O1. The van der Waals surface area contributed by atoms with Gasteiger partial charge in [-0.2, -0.15) is 0 Å². The summed E-state index contributed by atoms with van der Waals surface area (Å²) in [5, 5.41) is 0. The summed E-state index contributed by atoms with van der Waals surface area (Å²) >= 11 is 0. The zero-order valence-corrected chi connectivity index (χ0v) is 45.8. The third-order valence-electron chi connectivity index (χ3n) is 9.03. The van der Waals surface area contributed by atoms with E-state index in [1.165, 1.54) is 83.1 Å². The van der Waals surface area contributed by atoms with Gasteiger partial charge in [0.25, 0.3) is 37.1 Å². The van der Waals surface area contributed by atoms with E-state index in [4.69, 9.17) is 41.5 Å². The van der Waals surface area contributed by atoms with Crippen LogP contribution in [0.3, 0.4) is 0 Å². The number of hydrogen-bond donors (Lipinski definition) is 0. The summed E-state index contributed by atoms with van der Waals surface area (Å²) in [5.41, 5.74) is 0. The molecule has 21 heteroatoms. The molecule has 0 N–H and O–H groups in total. The van der Waals surface area contributed by atoms with E-state index in [-0.39, 0.29) is 16.1 Å². The van der Waals surface area contributed by atoms with Crippen molar-refractivity contribution < 1.29 is 41.5 Å². The molecule has 0 aromatic rings. The van der Waals surface area contributed by atoms with Crippen molar-refractivity contribution in [1.82, 2.24) is 0 Å². The van der Waals surface area contributed by atoms with Crippen molar-refractivity contribution in [2.45, 2.75) is 192 Å². The molecule has 2 heterocycles. The summed E-state index contributed by atoms with van der Waals surface area (Å²) in [6, 6.07) is 6.57. The van der Waals surface area contributed by atoms with E-state index in [9.17, 15) is 0 Å². The van der Waals surface area contributed by atoms with E-state index in [2.05, 4.69) is 66.2 Å². The van der Waals surface area contributed by atoms with Crippen LogP contribution in [0.1, 0.15) is 97.3 Å². The molecule has 2 aliphatic heterocycles. The Morgan fingerprint density at radius 2 is 1.45 bits per heavy atom. The van der Waals surface area contributed by atoms with Crippen molar-refractivity contribution in [2.75, 3.05) is 0 Å². The van der Waals surface area contributed by atoms with Crippen LogP contribution in [-0.4, -0.2) is 107 Å². The number of hydrogen-bond acceptors (Lipinski definition) is 10. The summed E-state index contributed by atoms with van der Waals surface area (Å²) in [6.45, 7) is 22.3. The van der Waals surface area contributed by atoms with Crippen LogP contribution in [-0.2, 0) is 41.5 Å². The molecule has 6 unspecified atom stereocenters. The van der Waals surface area contributed by atoms with Gasteiger partial charge in [-0.05, 0) is 95.6 Å². The summed E-state index contributed by atoms with van der Waals surface area (Å²) < 4.78 is 63.0. The fraction of sp³-hybridized carbons (Fsp3) is 1.00. The van der Waals surface area contributed by atoms with Crippen molar-refractivity contribution in [1.29, 1.82) is 0 Å². The lowest BCUT2D eigenvalue weighted by atomic mass is 10.2. The van der Waals surface area contributed by atoms with E-state index >= 15 is 0 Å². The largest absolute Gasteiger partial charge is 0.441 e. The minimum Gasteiger partial charge on any atom is -0.441 e. The molecule has 2 rings (SSSR count). The Bertz CT molecular complexity index is 850. The number of rotatable bonds is 26. The molecule has 0 bridgehead atoms. The summed E-state index contributed by atoms with van der Waals surface area (Å²) in [6.07, 6.45) is 16.3. The second-order valence-electron chi connectivity index (χ2n) is 15.2. The predicted molar refractivity (Wildman–Crippen MR) is 232 cm³/mol. The van der Waals surface area contributed by atoms with Crippen LogP contribution in [0.2, 0.25) is 88.6 Å². The standard InChI is InChI=1S/C30H74O10Si11/c1-11-12-13-15-20-25-48(33-42-32-41-24-19-14-16-21-26-49-37-45(5)35-44(4)36-46(6)38-49)40-50(8,9)27-22-17-18-23-28-51(10)31-30(2)29-43(3)34-47(7)39-51/h30,43-47H,11-29H2,1-10H3. The molecule has 0 aromatic carbocycles. The van der Waals surface area contributed by atoms with E-state index in [0.29, 0.717) is 9.76 Å². The summed E-state index contributed by atoms with van der Waals surface area (Å²) in [7, 11) is -13.4. The summed E-state index contributed by atoms with van der Waals surface area (Å²) in [5.74, 6) is 0.